The molecule has 0 saturated carbocycles. The van der Waals surface area contributed by atoms with E-state index in [-0.39, 0.29) is 34.2 Å². The Morgan fingerprint density at radius 3 is 2.12 bits per heavy atom. The third kappa shape index (κ3) is 13.4. The van der Waals surface area contributed by atoms with Crippen molar-refractivity contribution in [3.05, 3.63) is 143 Å². The lowest BCUT2D eigenvalue weighted by atomic mass is 9.96. The zero-order valence-electron chi connectivity index (χ0n) is 42.2. The van der Waals surface area contributed by atoms with Gasteiger partial charge in [0.2, 0.25) is 0 Å². The maximum absolute atomic E-state index is 13.9. The number of piperazine rings is 1. The number of esters is 1. The highest BCUT2D eigenvalue weighted by Crippen LogP contribution is 2.43. The summed E-state index contributed by atoms with van der Waals surface area (Å²) in [6.07, 6.45) is 1.74. The molecular formula is C55H64ClN6O9PS2. The number of ether oxygens (including phenoxy) is 1. The Hall–Kier alpha value is -5.78. The third-order valence-corrected chi connectivity index (χ3v) is 17.0. The topological polar surface area (TPSA) is 183 Å². The van der Waals surface area contributed by atoms with Gasteiger partial charge in [0.1, 0.15) is 0 Å². The summed E-state index contributed by atoms with van der Waals surface area (Å²) in [5, 5.41) is 14.7. The lowest BCUT2D eigenvalue weighted by molar-refractivity contribution is 0.0600. The van der Waals surface area contributed by atoms with Crippen LogP contribution in [0.5, 0.6) is 0 Å². The van der Waals surface area contributed by atoms with E-state index in [9.17, 15) is 32.6 Å². The first-order valence-corrected chi connectivity index (χ1v) is 29.6. The van der Waals surface area contributed by atoms with Gasteiger partial charge in [-0.2, -0.15) is 0 Å². The molecule has 2 atom stereocenters. The minimum absolute atomic E-state index is 0.00347. The van der Waals surface area contributed by atoms with Crippen molar-refractivity contribution in [2.75, 3.05) is 85.2 Å². The Kier molecular flexibility index (Phi) is 17.5. The molecule has 392 valence electrons. The summed E-state index contributed by atoms with van der Waals surface area (Å²) in [7, 11) is -6.45. The number of carbonyl (C=O) groups is 2. The Balaban J connectivity index is 0.926. The summed E-state index contributed by atoms with van der Waals surface area (Å²) in [6.45, 7) is 12.1. The fourth-order valence-electron chi connectivity index (χ4n) is 9.90. The fraction of sp³-hybridized carbons (Fsp3) is 0.345. The first-order chi connectivity index (χ1) is 35.4. The summed E-state index contributed by atoms with van der Waals surface area (Å²) in [4.78, 5) is 43.7. The lowest BCUT2D eigenvalue weighted by Gasteiger charge is -2.37. The maximum Gasteiger partial charge on any atom is 0.340 e. The van der Waals surface area contributed by atoms with Gasteiger partial charge in [-0.15, -0.1) is 11.8 Å². The number of sulfonamides is 1. The number of rotatable bonds is 20. The predicted molar refractivity (Wildman–Crippen MR) is 297 cm³/mol. The average molecular weight is 1080 g/mol. The number of hydrogen-bond donors (Lipinski definition) is 4. The van der Waals surface area contributed by atoms with Crippen LogP contribution in [0.2, 0.25) is 5.02 Å². The van der Waals surface area contributed by atoms with Crippen molar-refractivity contribution in [2.45, 2.75) is 68.0 Å². The number of thioether (sulfide) groups is 1. The first-order valence-electron chi connectivity index (χ1n) is 24.7. The molecule has 2 aliphatic rings. The Morgan fingerprint density at radius 2 is 1.50 bits per heavy atom. The number of likely N-dealkylation sites (tertiary alicyclic amines) is 1. The van der Waals surface area contributed by atoms with E-state index in [1.54, 1.807) is 30.0 Å². The van der Waals surface area contributed by atoms with E-state index in [0.717, 1.165) is 52.7 Å². The Morgan fingerprint density at radius 1 is 0.838 bits per heavy atom. The Labute approximate surface area is 443 Å². The molecule has 5 aromatic carbocycles. The molecule has 0 bridgehead atoms. The smallest absolute Gasteiger partial charge is 0.340 e. The number of hydrogen-bond acceptors (Lipinski definition) is 12. The van der Waals surface area contributed by atoms with Crippen molar-refractivity contribution in [2.24, 2.45) is 0 Å². The SMILES string of the molecule is COC(=O)c1cc(S(=O)(=O)Nc2ccc(N3CCN(c4cccc(-c5c(C(=O)O)c(C)n(C(C)C)c5-c5ccc(Cl)cc5)c4)CC3)cc2)ccc1N[C@H](CCN1CCC(OP(C)(=O)O)CC1)CSc1ccccc1. The lowest BCUT2D eigenvalue weighted by Crippen LogP contribution is -2.46. The van der Waals surface area contributed by atoms with Crippen molar-refractivity contribution in [1.29, 1.82) is 0 Å². The predicted octanol–water partition coefficient (Wildman–Crippen LogP) is 11.2. The molecule has 19 heteroatoms. The molecule has 74 heavy (non-hydrogen) atoms. The molecule has 1 unspecified atom stereocenters. The number of piperidine rings is 1. The molecule has 0 amide bonds. The van der Waals surface area contributed by atoms with Crippen LogP contribution in [-0.2, 0) is 23.8 Å². The number of halogens is 1. The van der Waals surface area contributed by atoms with Crippen LogP contribution >= 0.6 is 31.0 Å². The fourth-order valence-corrected chi connectivity index (χ4v) is 12.9. The summed E-state index contributed by atoms with van der Waals surface area (Å²) in [5.74, 6) is -1.00. The number of aromatic nitrogens is 1. The molecule has 3 heterocycles. The number of benzene rings is 5. The number of nitrogens with zero attached hydrogens (tertiary/aromatic N) is 4. The average Bonchev–Trinajstić information content (AvgIpc) is 3.71. The third-order valence-electron chi connectivity index (χ3n) is 13.5. The number of nitrogens with one attached hydrogen (secondary N) is 2. The van der Waals surface area contributed by atoms with Gasteiger partial charge in [0.15, 0.2) is 0 Å². The van der Waals surface area contributed by atoms with Crippen LogP contribution in [0.15, 0.2) is 131 Å². The number of carboxylic acids is 1. The first kappa shape index (κ1) is 54.5. The highest BCUT2D eigenvalue weighted by Gasteiger charge is 2.30. The van der Waals surface area contributed by atoms with Gasteiger partial charge < -0.3 is 43.8 Å². The highest BCUT2D eigenvalue weighted by molar-refractivity contribution is 7.99. The molecule has 1 aromatic heterocycles. The largest absolute Gasteiger partial charge is 0.478 e. The molecule has 2 aliphatic heterocycles. The van der Waals surface area contributed by atoms with E-state index in [1.165, 1.54) is 25.9 Å². The van der Waals surface area contributed by atoms with Crippen LogP contribution < -0.4 is 19.8 Å². The molecule has 2 fully saturated rings. The second-order valence-corrected chi connectivity index (χ2v) is 24.1. The molecule has 4 N–H and O–H groups in total. The second-order valence-electron chi connectivity index (χ2n) is 19.0. The number of methoxy groups -OCH3 is 1. The van der Waals surface area contributed by atoms with Gasteiger partial charge in [-0.25, -0.2) is 18.0 Å². The van der Waals surface area contributed by atoms with Gasteiger partial charge in [0.25, 0.3) is 10.0 Å². The van der Waals surface area contributed by atoms with Gasteiger partial charge >= 0.3 is 19.5 Å². The second kappa shape index (κ2) is 23.8. The van der Waals surface area contributed by atoms with Crippen molar-refractivity contribution < 1.29 is 41.8 Å². The van der Waals surface area contributed by atoms with Crippen LogP contribution in [0.25, 0.3) is 22.4 Å². The number of carbonyl (C=O) groups excluding carboxylic acids is 1. The molecular weight excluding hydrogens is 1020 g/mol. The van der Waals surface area contributed by atoms with E-state index in [2.05, 4.69) is 55.3 Å². The standard InChI is InChI=1S/C55H64ClN6O9PS2/c1-37(2)62-38(3)51(54(63)64)52(53(62)39-14-16-41(56)17-15-39)40-10-9-11-45(34-40)61-32-30-60(31-33-61)44-20-18-42(19-21-44)58-74(68,69)48-22-23-50(49(35-48)55(65)70-4)57-43(36-73-47-12-7-6-8-13-47)24-27-59-28-25-46(26-29-59)71-72(5,66)67/h6-23,34-35,37,43,46,57-58H,24-33,36H2,1-5H3,(H,63,64)(H,66,67)/t43-/m1/s1. The van der Waals surface area contributed by atoms with Crippen LogP contribution in [0.1, 0.15) is 65.6 Å². The number of aromatic carboxylic acids is 1. The van der Waals surface area contributed by atoms with Gasteiger partial charge in [-0.3, -0.25) is 9.29 Å². The van der Waals surface area contributed by atoms with E-state index < -0.39 is 29.6 Å². The zero-order chi connectivity index (χ0) is 52.7. The molecule has 8 rings (SSSR count). The van der Waals surface area contributed by atoms with Crippen molar-refractivity contribution in [1.82, 2.24) is 9.47 Å². The minimum Gasteiger partial charge on any atom is -0.478 e. The Bertz CT molecular complexity index is 3080. The van der Waals surface area contributed by atoms with Crippen LogP contribution in [-0.4, -0.2) is 117 Å². The van der Waals surface area contributed by atoms with Gasteiger partial charge in [0, 0.05) is 114 Å². The summed E-state index contributed by atoms with van der Waals surface area (Å²) in [6, 6.07) is 37.1. The van der Waals surface area contributed by atoms with Crippen molar-refractivity contribution in [3.8, 4) is 22.4 Å². The van der Waals surface area contributed by atoms with Crippen molar-refractivity contribution >= 4 is 75.7 Å². The van der Waals surface area contributed by atoms with Crippen molar-refractivity contribution in [3.63, 3.8) is 0 Å². The van der Waals surface area contributed by atoms with Gasteiger partial charge in [-0.1, -0.05) is 54.1 Å². The van der Waals surface area contributed by atoms with Crippen LogP contribution in [0.4, 0.5) is 22.7 Å². The maximum atomic E-state index is 13.9. The molecule has 0 aliphatic carbocycles. The monoisotopic (exact) mass is 1080 g/mol. The van der Waals surface area contributed by atoms with E-state index >= 15 is 0 Å². The van der Waals surface area contributed by atoms with Crippen LogP contribution in [0.3, 0.4) is 0 Å². The number of carboxylic acid groups (broad SMARTS) is 1. The zero-order valence-corrected chi connectivity index (χ0v) is 45.5. The normalized spacial score (nSPS) is 15.9. The summed E-state index contributed by atoms with van der Waals surface area (Å²) < 4.78 is 55.0. The molecule has 2 saturated heterocycles. The summed E-state index contributed by atoms with van der Waals surface area (Å²) >= 11 is 7.95. The van der Waals surface area contributed by atoms with E-state index in [4.69, 9.17) is 20.9 Å². The van der Waals surface area contributed by atoms with E-state index in [1.807, 2.05) is 85.8 Å². The molecule has 0 radical (unpaired) electrons. The molecule has 15 nitrogen and oxygen atoms in total. The van der Waals surface area contributed by atoms with Gasteiger partial charge in [-0.05, 0) is 130 Å². The quantitative estimate of drug-likeness (QED) is 0.0322. The summed E-state index contributed by atoms with van der Waals surface area (Å²) in [5.41, 5.74) is 6.97. The van der Waals surface area contributed by atoms with Gasteiger partial charge in [0.05, 0.1) is 34.9 Å². The van der Waals surface area contributed by atoms with Crippen LogP contribution in [0, 0.1) is 6.92 Å². The minimum atomic E-state index is -4.14. The molecule has 6 aromatic rings. The van der Waals surface area contributed by atoms with E-state index in [0.29, 0.717) is 78.8 Å². The number of anilines is 4. The highest BCUT2D eigenvalue weighted by atomic mass is 35.5. The molecule has 0 spiro atoms.